The molecule has 2 unspecified atom stereocenters. The molecule has 2 heterocycles. The van der Waals surface area contributed by atoms with Crippen molar-refractivity contribution < 1.29 is 14.6 Å². The van der Waals surface area contributed by atoms with E-state index in [1.807, 2.05) is 37.3 Å². The number of aliphatic hydroxyl groups is 1. The van der Waals surface area contributed by atoms with Crippen molar-refractivity contribution in [3.05, 3.63) is 41.6 Å². The van der Waals surface area contributed by atoms with Crippen LogP contribution in [0.2, 0.25) is 0 Å². The van der Waals surface area contributed by atoms with E-state index in [1.54, 1.807) is 0 Å². The minimum Gasteiger partial charge on any atom is -0.386 e. The lowest BCUT2D eigenvalue weighted by Crippen LogP contribution is -2.33. The van der Waals surface area contributed by atoms with Crippen LogP contribution in [0.15, 0.2) is 30.3 Å². The van der Waals surface area contributed by atoms with Crippen molar-refractivity contribution in [2.75, 3.05) is 19.8 Å². The molecule has 19 heavy (non-hydrogen) atoms. The molecule has 1 aliphatic heterocycles. The third-order valence-corrected chi connectivity index (χ3v) is 3.39. The molecule has 3 rings (SSSR count). The number of aliphatic hydroxyl groups excluding tert-OH is 1. The monoisotopic (exact) mass is 259 g/mol. The van der Waals surface area contributed by atoms with Crippen molar-refractivity contribution in [2.24, 2.45) is 0 Å². The molecule has 1 fully saturated rings. The van der Waals surface area contributed by atoms with E-state index < -0.39 is 6.10 Å². The fourth-order valence-corrected chi connectivity index (χ4v) is 2.33. The van der Waals surface area contributed by atoms with Gasteiger partial charge in [-0.1, -0.05) is 12.1 Å². The number of aromatic nitrogens is 1. The molecular weight excluding hydrogens is 242 g/mol. The second-order valence-corrected chi connectivity index (χ2v) is 4.83. The lowest BCUT2D eigenvalue weighted by Gasteiger charge is -2.27. The Morgan fingerprint density at radius 2 is 2.16 bits per heavy atom. The third-order valence-electron chi connectivity index (χ3n) is 3.39. The number of hydrogen-bond donors (Lipinski definition) is 1. The van der Waals surface area contributed by atoms with Gasteiger partial charge in [0.05, 0.1) is 25.3 Å². The van der Waals surface area contributed by atoms with Crippen molar-refractivity contribution in [2.45, 2.75) is 19.1 Å². The van der Waals surface area contributed by atoms with E-state index in [0.717, 1.165) is 22.2 Å². The molecule has 1 aromatic carbocycles. The highest BCUT2D eigenvalue weighted by Gasteiger charge is 2.24. The van der Waals surface area contributed by atoms with E-state index in [2.05, 4.69) is 4.98 Å². The fraction of sp³-hybridized carbons (Fsp3) is 0.400. The second kappa shape index (κ2) is 5.25. The van der Waals surface area contributed by atoms with Crippen LogP contribution in [-0.4, -0.2) is 36.0 Å². The van der Waals surface area contributed by atoms with Gasteiger partial charge in [-0.2, -0.15) is 0 Å². The number of fused-ring (bicyclic) bond motifs is 1. The predicted molar refractivity (Wildman–Crippen MR) is 72.0 cm³/mol. The van der Waals surface area contributed by atoms with Gasteiger partial charge in [-0.15, -0.1) is 0 Å². The van der Waals surface area contributed by atoms with Crippen molar-refractivity contribution >= 4 is 10.9 Å². The molecule has 0 amide bonds. The Hall–Kier alpha value is -1.49. The predicted octanol–water partition coefficient (Wildman–Crippen LogP) is 1.99. The Morgan fingerprint density at radius 1 is 1.26 bits per heavy atom. The molecule has 0 radical (unpaired) electrons. The minimum atomic E-state index is -0.661. The summed E-state index contributed by atoms with van der Waals surface area (Å²) in [5, 5.41) is 11.4. The van der Waals surface area contributed by atoms with E-state index in [0.29, 0.717) is 19.8 Å². The zero-order valence-electron chi connectivity index (χ0n) is 10.9. The summed E-state index contributed by atoms with van der Waals surface area (Å²) in [5.41, 5.74) is 2.77. The number of aryl methyl sites for hydroxylation is 1. The van der Waals surface area contributed by atoms with Crippen LogP contribution < -0.4 is 0 Å². The maximum atomic E-state index is 10.3. The third kappa shape index (κ3) is 2.61. The summed E-state index contributed by atoms with van der Waals surface area (Å²) in [6.45, 7) is 3.54. The molecule has 1 saturated heterocycles. The van der Waals surface area contributed by atoms with Gasteiger partial charge in [-0.25, -0.2) is 0 Å². The van der Waals surface area contributed by atoms with Crippen molar-refractivity contribution in [1.82, 2.24) is 4.98 Å². The van der Waals surface area contributed by atoms with Crippen molar-refractivity contribution in [3.63, 3.8) is 0 Å². The first-order valence-electron chi connectivity index (χ1n) is 6.49. The lowest BCUT2D eigenvalue weighted by molar-refractivity contribution is -0.133. The average Bonchev–Trinajstić information content (AvgIpc) is 2.47. The van der Waals surface area contributed by atoms with E-state index in [9.17, 15) is 5.11 Å². The van der Waals surface area contributed by atoms with Gasteiger partial charge in [0, 0.05) is 11.1 Å². The van der Waals surface area contributed by atoms with Gasteiger partial charge in [0.25, 0.3) is 0 Å². The van der Waals surface area contributed by atoms with Gasteiger partial charge in [-0.05, 0) is 30.7 Å². The van der Waals surface area contributed by atoms with Gasteiger partial charge >= 0.3 is 0 Å². The summed E-state index contributed by atoms with van der Waals surface area (Å²) in [6, 6.07) is 9.79. The minimum absolute atomic E-state index is 0.287. The topological polar surface area (TPSA) is 51.6 Å². The number of pyridine rings is 1. The van der Waals surface area contributed by atoms with Crippen LogP contribution in [0.3, 0.4) is 0 Å². The van der Waals surface area contributed by atoms with Crippen LogP contribution in [0.4, 0.5) is 0 Å². The van der Waals surface area contributed by atoms with E-state index in [1.165, 1.54) is 0 Å². The summed E-state index contributed by atoms with van der Waals surface area (Å²) in [6.07, 6.45) is -0.949. The number of ether oxygens (including phenoxy) is 2. The van der Waals surface area contributed by atoms with Gasteiger partial charge in [0.1, 0.15) is 12.2 Å². The lowest BCUT2D eigenvalue weighted by atomic mass is 10.0. The van der Waals surface area contributed by atoms with Crippen LogP contribution in [-0.2, 0) is 9.47 Å². The smallest absolute Gasteiger partial charge is 0.111 e. The molecule has 2 aromatic rings. The van der Waals surface area contributed by atoms with Gasteiger partial charge in [0.15, 0.2) is 0 Å². The first-order valence-corrected chi connectivity index (χ1v) is 6.49. The maximum absolute atomic E-state index is 10.3. The Kier molecular flexibility index (Phi) is 3.46. The van der Waals surface area contributed by atoms with Gasteiger partial charge < -0.3 is 14.6 Å². The van der Waals surface area contributed by atoms with E-state index >= 15 is 0 Å². The SMILES string of the molecule is Cc1ccc2cc(C(O)C3COCCO3)ccc2n1. The summed E-state index contributed by atoms with van der Waals surface area (Å²) in [4.78, 5) is 4.45. The Balaban J connectivity index is 1.89. The Morgan fingerprint density at radius 3 is 2.95 bits per heavy atom. The molecule has 0 bridgehead atoms. The molecule has 1 aromatic heterocycles. The second-order valence-electron chi connectivity index (χ2n) is 4.83. The summed E-state index contributed by atoms with van der Waals surface area (Å²) in [5.74, 6) is 0. The average molecular weight is 259 g/mol. The Labute approximate surface area is 112 Å². The molecule has 100 valence electrons. The zero-order chi connectivity index (χ0) is 13.2. The molecule has 0 aliphatic carbocycles. The highest BCUT2D eigenvalue weighted by atomic mass is 16.6. The highest BCUT2D eigenvalue weighted by Crippen LogP contribution is 2.24. The van der Waals surface area contributed by atoms with Crippen molar-refractivity contribution in [1.29, 1.82) is 0 Å². The zero-order valence-corrected chi connectivity index (χ0v) is 10.9. The summed E-state index contributed by atoms with van der Waals surface area (Å²) < 4.78 is 10.9. The van der Waals surface area contributed by atoms with Gasteiger partial charge in [0.2, 0.25) is 0 Å². The van der Waals surface area contributed by atoms with Crippen LogP contribution in [0.5, 0.6) is 0 Å². The summed E-state index contributed by atoms with van der Waals surface area (Å²) >= 11 is 0. The molecule has 4 nitrogen and oxygen atoms in total. The highest BCUT2D eigenvalue weighted by molar-refractivity contribution is 5.79. The van der Waals surface area contributed by atoms with Crippen LogP contribution in [0, 0.1) is 6.92 Å². The Bertz CT molecular complexity index is 579. The molecule has 2 atom stereocenters. The largest absolute Gasteiger partial charge is 0.386 e. The first kappa shape index (κ1) is 12.5. The fourth-order valence-electron chi connectivity index (χ4n) is 2.33. The number of benzene rings is 1. The van der Waals surface area contributed by atoms with Gasteiger partial charge in [-0.3, -0.25) is 4.98 Å². The standard InChI is InChI=1S/C15H17NO3/c1-10-2-3-11-8-12(4-5-13(11)16-10)15(17)14-9-18-6-7-19-14/h2-5,8,14-15,17H,6-7,9H2,1H3. The summed E-state index contributed by atoms with van der Waals surface area (Å²) in [7, 11) is 0. The van der Waals surface area contributed by atoms with Crippen LogP contribution in [0.25, 0.3) is 10.9 Å². The molecule has 1 aliphatic rings. The number of hydrogen-bond acceptors (Lipinski definition) is 4. The maximum Gasteiger partial charge on any atom is 0.111 e. The van der Waals surface area contributed by atoms with Crippen molar-refractivity contribution in [3.8, 4) is 0 Å². The van der Waals surface area contributed by atoms with Crippen LogP contribution >= 0.6 is 0 Å². The molecule has 0 spiro atoms. The molecule has 4 heteroatoms. The quantitative estimate of drug-likeness (QED) is 0.896. The first-order chi connectivity index (χ1) is 9.24. The molecular formula is C15H17NO3. The van der Waals surface area contributed by atoms with E-state index in [-0.39, 0.29) is 6.10 Å². The van der Waals surface area contributed by atoms with E-state index in [4.69, 9.17) is 9.47 Å². The van der Waals surface area contributed by atoms with Crippen LogP contribution in [0.1, 0.15) is 17.4 Å². The number of rotatable bonds is 2. The normalized spacial score (nSPS) is 21.5. The molecule has 0 saturated carbocycles. The number of nitrogens with zero attached hydrogens (tertiary/aromatic N) is 1. The molecule has 1 N–H and O–H groups in total.